The van der Waals surface area contributed by atoms with Crippen LogP contribution in [0.3, 0.4) is 0 Å². The van der Waals surface area contributed by atoms with E-state index in [2.05, 4.69) is 50.4 Å². The topological polar surface area (TPSA) is 64.3 Å². The molecule has 0 aliphatic heterocycles. The van der Waals surface area contributed by atoms with Crippen LogP contribution in [0.15, 0.2) is 24.3 Å². The van der Waals surface area contributed by atoms with Crippen LogP contribution >= 0.6 is 12.4 Å². The molecule has 25 heavy (non-hydrogen) atoms. The van der Waals surface area contributed by atoms with Crippen molar-refractivity contribution in [1.29, 1.82) is 0 Å². The first-order valence-electron chi connectivity index (χ1n) is 8.91. The summed E-state index contributed by atoms with van der Waals surface area (Å²) in [6.45, 7) is 7.74. The van der Waals surface area contributed by atoms with Gasteiger partial charge in [-0.15, -0.1) is 12.4 Å². The lowest BCUT2D eigenvalue weighted by Crippen LogP contribution is -2.46. The average Bonchev–Trinajstić information content (AvgIpc) is 2.51. The van der Waals surface area contributed by atoms with E-state index in [0.717, 1.165) is 12.8 Å². The molecule has 1 aliphatic rings. The standard InChI is InChI=1S/C20H32N2O2.ClH/c1-19(2,3)15-6-8-16(9-7-15)20(10-5-11-20)14-22-18(23)12-17(13-21)24-4;/h6-9,17H,5,10-14,21H2,1-4H3,(H,22,23);1H. The van der Waals surface area contributed by atoms with Gasteiger partial charge in [-0.25, -0.2) is 0 Å². The van der Waals surface area contributed by atoms with Gasteiger partial charge >= 0.3 is 0 Å². The minimum atomic E-state index is -0.201. The quantitative estimate of drug-likeness (QED) is 0.776. The Bertz CT molecular complexity index is 544. The molecule has 1 aromatic carbocycles. The third-order valence-electron chi connectivity index (χ3n) is 5.31. The largest absolute Gasteiger partial charge is 0.380 e. The Morgan fingerprint density at radius 1 is 1.28 bits per heavy atom. The van der Waals surface area contributed by atoms with Crippen LogP contribution in [0, 0.1) is 0 Å². The van der Waals surface area contributed by atoms with Crippen LogP contribution in [0.4, 0.5) is 0 Å². The van der Waals surface area contributed by atoms with Crippen LogP contribution in [0.2, 0.25) is 0 Å². The molecule has 1 aliphatic carbocycles. The number of hydrogen-bond donors (Lipinski definition) is 2. The normalized spacial score (nSPS) is 17.2. The molecule has 0 saturated heterocycles. The van der Waals surface area contributed by atoms with Gasteiger partial charge < -0.3 is 15.8 Å². The number of carbonyl (C=O) groups is 1. The zero-order valence-electron chi connectivity index (χ0n) is 15.9. The van der Waals surface area contributed by atoms with Gasteiger partial charge in [-0.1, -0.05) is 51.5 Å². The number of methoxy groups -OCH3 is 1. The highest BCUT2D eigenvalue weighted by atomic mass is 35.5. The van der Waals surface area contributed by atoms with Gasteiger partial charge in [0, 0.05) is 25.6 Å². The van der Waals surface area contributed by atoms with E-state index in [1.807, 2.05) is 0 Å². The Kier molecular flexibility index (Phi) is 7.91. The molecular formula is C20H33ClN2O2. The second kappa shape index (κ2) is 9.02. The molecular weight excluding hydrogens is 336 g/mol. The van der Waals surface area contributed by atoms with Gasteiger partial charge in [-0.3, -0.25) is 4.79 Å². The van der Waals surface area contributed by atoms with Crippen molar-refractivity contribution in [3.63, 3.8) is 0 Å². The predicted octanol–water partition coefficient (Wildman–Crippen LogP) is 3.31. The molecule has 0 heterocycles. The van der Waals surface area contributed by atoms with Crippen molar-refractivity contribution < 1.29 is 9.53 Å². The van der Waals surface area contributed by atoms with Crippen molar-refractivity contribution in [2.45, 2.75) is 63.4 Å². The van der Waals surface area contributed by atoms with E-state index in [1.165, 1.54) is 17.5 Å². The van der Waals surface area contributed by atoms with Crippen molar-refractivity contribution in [3.8, 4) is 0 Å². The molecule has 1 aromatic rings. The fraction of sp³-hybridized carbons (Fsp3) is 0.650. The van der Waals surface area contributed by atoms with Crippen molar-refractivity contribution in [3.05, 3.63) is 35.4 Å². The summed E-state index contributed by atoms with van der Waals surface area (Å²) in [6, 6.07) is 8.94. The van der Waals surface area contributed by atoms with Crippen LogP contribution in [0.5, 0.6) is 0 Å². The molecule has 142 valence electrons. The third kappa shape index (κ3) is 5.44. The maximum atomic E-state index is 12.1. The first-order chi connectivity index (χ1) is 11.3. The van der Waals surface area contributed by atoms with Crippen molar-refractivity contribution in [2.75, 3.05) is 20.2 Å². The molecule has 4 nitrogen and oxygen atoms in total. The second-order valence-corrected chi connectivity index (χ2v) is 8.04. The van der Waals surface area contributed by atoms with Gasteiger partial charge in [0.1, 0.15) is 0 Å². The number of carbonyl (C=O) groups excluding carboxylic acids is 1. The summed E-state index contributed by atoms with van der Waals surface area (Å²) < 4.78 is 5.19. The summed E-state index contributed by atoms with van der Waals surface area (Å²) in [5.74, 6) is 0.0184. The summed E-state index contributed by atoms with van der Waals surface area (Å²) in [4.78, 5) is 12.1. The van der Waals surface area contributed by atoms with Crippen molar-refractivity contribution in [2.24, 2.45) is 5.73 Å². The Labute approximate surface area is 158 Å². The van der Waals surface area contributed by atoms with Gasteiger partial charge in [0.15, 0.2) is 0 Å². The van der Waals surface area contributed by atoms with Crippen molar-refractivity contribution >= 4 is 18.3 Å². The van der Waals surface area contributed by atoms with E-state index in [-0.39, 0.29) is 35.2 Å². The maximum absolute atomic E-state index is 12.1. The molecule has 1 saturated carbocycles. The Hall–Kier alpha value is -1.10. The maximum Gasteiger partial charge on any atom is 0.222 e. The summed E-state index contributed by atoms with van der Waals surface area (Å²) in [5.41, 5.74) is 8.52. The SMILES string of the molecule is COC(CN)CC(=O)NCC1(c2ccc(C(C)(C)C)cc2)CCC1.Cl. The third-order valence-corrected chi connectivity index (χ3v) is 5.31. The minimum Gasteiger partial charge on any atom is -0.380 e. The number of nitrogens with one attached hydrogen (secondary N) is 1. The van der Waals surface area contributed by atoms with E-state index in [0.29, 0.717) is 19.5 Å². The van der Waals surface area contributed by atoms with E-state index >= 15 is 0 Å². The molecule has 0 aromatic heterocycles. The van der Waals surface area contributed by atoms with E-state index in [4.69, 9.17) is 10.5 Å². The second-order valence-electron chi connectivity index (χ2n) is 8.04. The van der Waals surface area contributed by atoms with Crippen LogP contribution in [0.1, 0.15) is 57.6 Å². The number of benzene rings is 1. The van der Waals surface area contributed by atoms with Crippen molar-refractivity contribution in [1.82, 2.24) is 5.32 Å². The first kappa shape index (κ1) is 21.9. The molecule has 3 N–H and O–H groups in total. The molecule has 1 atom stereocenters. The number of amides is 1. The molecule has 0 spiro atoms. The lowest BCUT2D eigenvalue weighted by molar-refractivity contribution is -0.123. The van der Waals surface area contributed by atoms with Crippen LogP contribution in [0.25, 0.3) is 0 Å². The lowest BCUT2D eigenvalue weighted by Gasteiger charge is -2.43. The smallest absolute Gasteiger partial charge is 0.222 e. The minimum absolute atomic E-state index is 0. The highest BCUT2D eigenvalue weighted by molar-refractivity contribution is 5.85. The van der Waals surface area contributed by atoms with E-state index in [1.54, 1.807) is 7.11 Å². The van der Waals surface area contributed by atoms with Gasteiger partial charge in [-0.05, 0) is 29.4 Å². The fourth-order valence-corrected chi connectivity index (χ4v) is 3.30. The number of hydrogen-bond acceptors (Lipinski definition) is 3. The zero-order chi connectivity index (χ0) is 17.8. The molecule has 5 heteroatoms. The summed E-state index contributed by atoms with van der Waals surface area (Å²) in [7, 11) is 1.59. The Balaban J connectivity index is 0.00000312. The van der Waals surface area contributed by atoms with Gasteiger partial charge in [0.2, 0.25) is 5.91 Å². The molecule has 1 amide bonds. The fourth-order valence-electron chi connectivity index (χ4n) is 3.30. The Morgan fingerprint density at radius 3 is 2.28 bits per heavy atom. The highest BCUT2D eigenvalue weighted by Gasteiger charge is 2.39. The first-order valence-corrected chi connectivity index (χ1v) is 8.91. The molecule has 0 bridgehead atoms. The van der Waals surface area contributed by atoms with Crippen LogP contribution in [-0.4, -0.2) is 32.2 Å². The van der Waals surface area contributed by atoms with E-state index < -0.39 is 0 Å². The zero-order valence-corrected chi connectivity index (χ0v) is 16.7. The van der Waals surface area contributed by atoms with Crippen LogP contribution < -0.4 is 11.1 Å². The summed E-state index contributed by atoms with van der Waals surface area (Å²) in [6.07, 6.45) is 3.61. The Morgan fingerprint density at radius 2 is 1.88 bits per heavy atom. The number of nitrogens with two attached hydrogens (primary N) is 1. The molecule has 1 unspecified atom stereocenters. The summed E-state index contributed by atoms with van der Waals surface area (Å²) in [5, 5.41) is 3.09. The highest BCUT2D eigenvalue weighted by Crippen LogP contribution is 2.43. The average molecular weight is 369 g/mol. The molecule has 0 radical (unpaired) electrons. The van der Waals surface area contributed by atoms with Gasteiger partial charge in [0.25, 0.3) is 0 Å². The molecule has 2 rings (SSSR count). The monoisotopic (exact) mass is 368 g/mol. The number of ether oxygens (including phenoxy) is 1. The molecule has 1 fully saturated rings. The van der Waals surface area contributed by atoms with Gasteiger partial charge in [0.05, 0.1) is 12.5 Å². The predicted molar refractivity (Wildman–Crippen MR) is 105 cm³/mol. The summed E-state index contributed by atoms with van der Waals surface area (Å²) >= 11 is 0. The van der Waals surface area contributed by atoms with Gasteiger partial charge in [-0.2, -0.15) is 0 Å². The lowest BCUT2D eigenvalue weighted by atomic mass is 9.64. The van der Waals surface area contributed by atoms with E-state index in [9.17, 15) is 4.79 Å². The van der Waals surface area contributed by atoms with Crippen LogP contribution in [-0.2, 0) is 20.4 Å². The number of halogens is 1. The number of rotatable bonds is 7.